The lowest BCUT2D eigenvalue weighted by molar-refractivity contribution is -0.139. The number of nitrogens with zero attached hydrogens (tertiary/aromatic N) is 2. The number of fused-ring (bicyclic) bond motifs is 1. The lowest BCUT2D eigenvalue weighted by Crippen LogP contribution is -2.40. The monoisotopic (exact) mass is 760 g/mol. The zero-order chi connectivity index (χ0) is 32.2. The Balaban J connectivity index is 1.60. The number of hydrogen-bond donors (Lipinski definition) is 0. The van der Waals surface area contributed by atoms with E-state index in [2.05, 4.69) is 27.6 Å². The molecule has 1 aliphatic heterocycles. The number of halogens is 2. The second kappa shape index (κ2) is 14.1. The molecule has 0 spiro atoms. The van der Waals surface area contributed by atoms with E-state index in [1.165, 1.54) is 23.0 Å². The molecular formula is C33H30ClIN2O7S. The van der Waals surface area contributed by atoms with Crippen LogP contribution in [0.25, 0.3) is 6.08 Å². The Morgan fingerprint density at radius 1 is 1.04 bits per heavy atom. The highest BCUT2D eigenvalue weighted by atomic mass is 127. The molecule has 0 saturated heterocycles. The van der Waals surface area contributed by atoms with Crippen LogP contribution in [0.2, 0.25) is 5.02 Å². The van der Waals surface area contributed by atoms with Gasteiger partial charge in [0.15, 0.2) is 27.8 Å². The number of benzene rings is 3. The average molecular weight is 761 g/mol. The van der Waals surface area contributed by atoms with Crippen molar-refractivity contribution in [3.8, 4) is 23.0 Å². The summed E-state index contributed by atoms with van der Waals surface area (Å²) in [7, 11) is 4.64. The predicted molar refractivity (Wildman–Crippen MR) is 181 cm³/mol. The number of esters is 1. The molecule has 0 fully saturated rings. The third kappa shape index (κ3) is 6.61. The van der Waals surface area contributed by atoms with Gasteiger partial charge in [-0.25, -0.2) is 9.79 Å². The van der Waals surface area contributed by atoms with Crippen LogP contribution in [0.15, 0.2) is 75.7 Å². The maximum atomic E-state index is 14.1. The van der Waals surface area contributed by atoms with Crippen molar-refractivity contribution in [3.05, 3.63) is 111 Å². The molecule has 0 amide bonds. The summed E-state index contributed by atoms with van der Waals surface area (Å²) in [6.45, 7) is 3.92. The highest BCUT2D eigenvalue weighted by Gasteiger charge is 2.34. The first-order valence-electron chi connectivity index (χ1n) is 13.9. The van der Waals surface area contributed by atoms with E-state index in [0.29, 0.717) is 48.6 Å². The summed E-state index contributed by atoms with van der Waals surface area (Å²) in [6.07, 6.45) is 1.78. The molecule has 0 aliphatic carbocycles. The summed E-state index contributed by atoms with van der Waals surface area (Å²) >= 11 is 9.72. The number of rotatable bonds is 10. The molecule has 234 valence electrons. The zero-order valence-electron chi connectivity index (χ0n) is 25.2. The van der Waals surface area contributed by atoms with Crippen LogP contribution in [0.1, 0.15) is 36.6 Å². The van der Waals surface area contributed by atoms with Crippen molar-refractivity contribution in [2.45, 2.75) is 26.5 Å². The Morgan fingerprint density at radius 3 is 2.47 bits per heavy atom. The Morgan fingerprint density at radius 2 is 1.78 bits per heavy atom. The normalized spacial score (nSPS) is 14.5. The molecule has 1 atom stereocenters. The molecule has 0 bridgehead atoms. The molecular weight excluding hydrogens is 731 g/mol. The van der Waals surface area contributed by atoms with E-state index >= 15 is 0 Å². The summed E-state index contributed by atoms with van der Waals surface area (Å²) in [5.74, 6) is 1.53. The maximum Gasteiger partial charge on any atom is 0.338 e. The van der Waals surface area contributed by atoms with Crippen molar-refractivity contribution >= 4 is 57.6 Å². The van der Waals surface area contributed by atoms with Crippen LogP contribution in [0, 0.1) is 3.57 Å². The summed E-state index contributed by atoms with van der Waals surface area (Å²) in [4.78, 5) is 32.4. The topological polar surface area (TPSA) is 97.6 Å². The fourth-order valence-electron chi connectivity index (χ4n) is 5.01. The molecule has 9 nitrogen and oxygen atoms in total. The molecule has 0 N–H and O–H groups in total. The van der Waals surface area contributed by atoms with E-state index in [-0.39, 0.29) is 24.3 Å². The van der Waals surface area contributed by atoms with Crippen LogP contribution in [0.3, 0.4) is 0 Å². The molecule has 4 aromatic rings. The fraction of sp³-hybridized carbons (Fsp3) is 0.242. The van der Waals surface area contributed by atoms with Gasteiger partial charge in [0.2, 0.25) is 0 Å². The fourth-order valence-corrected chi connectivity index (χ4v) is 7.03. The largest absolute Gasteiger partial charge is 0.493 e. The summed E-state index contributed by atoms with van der Waals surface area (Å²) < 4.78 is 30.9. The molecule has 0 radical (unpaired) electrons. The van der Waals surface area contributed by atoms with E-state index in [0.717, 1.165) is 14.7 Å². The number of aromatic nitrogens is 1. The number of methoxy groups -OCH3 is 3. The quantitative estimate of drug-likeness (QED) is 0.152. The number of ether oxygens (including phenoxy) is 5. The molecule has 2 heterocycles. The van der Waals surface area contributed by atoms with Crippen LogP contribution in [-0.2, 0) is 16.1 Å². The van der Waals surface area contributed by atoms with Crippen molar-refractivity contribution in [1.82, 2.24) is 4.57 Å². The van der Waals surface area contributed by atoms with Crippen molar-refractivity contribution in [3.63, 3.8) is 0 Å². The van der Waals surface area contributed by atoms with Gasteiger partial charge in [0.25, 0.3) is 5.56 Å². The summed E-state index contributed by atoms with van der Waals surface area (Å²) in [6, 6.07) is 15.7. The maximum absolute atomic E-state index is 14.1. The SMILES string of the molecule is CCOC(=O)C1=C(C)N=c2sc(=Cc3cc(I)c(OCc4ccccc4Cl)c(OC)c3)c(=O)n2[C@@H]1c1ccc(OC)c(OC)c1. The molecule has 3 aromatic carbocycles. The molecule has 1 aromatic heterocycles. The lowest BCUT2D eigenvalue weighted by Gasteiger charge is -2.25. The Kier molecular flexibility index (Phi) is 10.2. The van der Waals surface area contributed by atoms with Crippen LogP contribution in [0.4, 0.5) is 0 Å². The van der Waals surface area contributed by atoms with Crippen molar-refractivity contribution in [2.75, 3.05) is 27.9 Å². The number of allylic oxidation sites excluding steroid dienone is 1. The van der Waals surface area contributed by atoms with Crippen LogP contribution >= 0.6 is 45.5 Å². The molecule has 5 rings (SSSR count). The first-order valence-corrected chi connectivity index (χ1v) is 16.1. The van der Waals surface area contributed by atoms with Gasteiger partial charge in [-0.2, -0.15) is 0 Å². The highest BCUT2D eigenvalue weighted by Crippen LogP contribution is 2.37. The number of thiazole rings is 1. The van der Waals surface area contributed by atoms with Gasteiger partial charge in [-0.1, -0.05) is 47.2 Å². The highest BCUT2D eigenvalue weighted by molar-refractivity contribution is 14.1. The Bertz CT molecular complexity index is 1990. The molecule has 0 unspecified atom stereocenters. The summed E-state index contributed by atoms with van der Waals surface area (Å²) in [5.41, 5.74) is 2.67. The number of carbonyl (C=O) groups is 1. The van der Waals surface area contributed by atoms with Crippen LogP contribution in [-0.4, -0.2) is 38.5 Å². The standard InChI is InChI=1S/C33H30ClIN2O7S/c1-6-43-32(39)28-18(2)36-33-37(29(28)20-11-12-24(40-3)25(16-20)41-4)31(38)27(45-33)15-19-13-23(35)30(26(14-19)42-5)44-17-21-9-7-8-10-22(21)34/h7-16,29H,6,17H2,1-5H3/t29-/m1/s1. The van der Waals surface area contributed by atoms with Gasteiger partial charge in [0.1, 0.15) is 6.61 Å². The Hall–Kier alpha value is -3.81. The molecule has 1 aliphatic rings. The van der Waals surface area contributed by atoms with Crippen molar-refractivity contribution in [1.29, 1.82) is 0 Å². The van der Waals surface area contributed by atoms with Gasteiger partial charge in [-0.05, 0) is 84.0 Å². The van der Waals surface area contributed by atoms with E-state index in [4.69, 9.17) is 35.3 Å². The van der Waals surface area contributed by atoms with E-state index in [1.54, 1.807) is 52.3 Å². The second-order valence-corrected chi connectivity index (χ2v) is 12.4. The number of hydrogen-bond acceptors (Lipinski definition) is 9. The second-order valence-electron chi connectivity index (χ2n) is 9.83. The lowest BCUT2D eigenvalue weighted by atomic mass is 9.95. The smallest absolute Gasteiger partial charge is 0.338 e. The molecule has 45 heavy (non-hydrogen) atoms. The third-order valence-electron chi connectivity index (χ3n) is 7.12. The van der Waals surface area contributed by atoms with Crippen molar-refractivity contribution in [2.24, 2.45) is 4.99 Å². The van der Waals surface area contributed by atoms with Gasteiger partial charge in [-0.3, -0.25) is 9.36 Å². The minimum absolute atomic E-state index is 0.178. The van der Waals surface area contributed by atoms with E-state index in [9.17, 15) is 9.59 Å². The van der Waals surface area contributed by atoms with Gasteiger partial charge in [0.05, 0.1) is 53.4 Å². The first-order chi connectivity index (χ1) is 21.7. The average Bonchev–Trinajstić information content (AvgIpc) is 3.33. The Labute approximate surface area is 282 Å². The van der Waals surface area contributed by atoms with Gasteiger partial charge >= 0.3 is 5.97 Å². The minimum atomic E-state index is -0.794. The van der Waals surface area contributed by atoms with E-state index < -0.39 is 12.0 Å². The number of carbonyl (C=O) groups excluding carboxylic acids is 1. The van der Waals surface area contributed by atoms with Gasteiger partial charge in [-0.15, -0.1) is 0 Å². The zero-order valence-corrected chi connectivity index (χ0v) is 28.9. The van der Waals surface area contributed by atoms with Gasteiger partial charge < -0.3 is 23.7 Å². The van der Waals surface area contributed by atoms with E-state index in [1.807, 2.05) is 36.4 Å². The van der Waals surface area contributed by atoms with Crippen LogP contribution in [0.5, 0.6) is 23.0 Å². The van der Waals surface area contributed by atoms with Gasteiger partial charge in [0, 0.05) is 10.6 Å². The minimum Gasteiger partial charge on any atom is -0.493 e. The molecule has 0 saturated carbocycles. The summed E-state index contributed by atoms with van der Waals surface area (Å²) in [5, 5.41) is 0.617. The first kappa shape index (κ1) is 32.6. The van der Waals surface area contributed by atoms with Crippen LogP contribution < -0.4 is 33.8 Å². The molecule has 12 heteroatoms. The predicted octanol–water partition coefficient (Wildman–Crippen LogP) is 5.66. The third-order valence-corrected chi connectivity index (χ3v) is 9.27. The van der Waals surface area contributed by atoms with Crippen molar-refractivity contribution < 1.29 is 28.5 Å².